The van der Waals surface area contributed by atoms with Crippen LogP contribution in [0.5, 0.6) is 0 Å². The maximum absolute atomic E-state index is 6.32. The Morgan fingerprint density at radius 3 is 2.80 bits per heavy atom. The molecule has 20 heavy (non-hydrogen) atoms. The van der Waals surface area contributed by atoms with Gasteiger partial charge in [0, 0.05) is 19.1 Å². The number of nitrogens with zero attached hydrogens (tertiary/aromatic N) is 3. The van der Waals surface area contributed by atoms with E-state index in [4.69, 9.17) is 23.2 Å². The van der Waals surface area contributed by atoms with Gasteiger partial charge in [0.1, 0.15) is 5.82 Å². The van der Waals surface area contributed by atoms with Crippen LogP contribution in [0.1, 0.15) is 26.1 Å². The second-order valence-electron chi connectivity index (χ2n) is 5.16. The van der Waals surface area contributed by atoms with Gasteiger partial charge in [-0.15, -0.1) is 11.6 Å². The molecule has 0 saturated carbocycles. The zero-order chi connectivity index (χ0) is 14.7. The molecule has 110 valence electrons. The van der Waals surface area contributed by atoms with Crippen molar-refractivity contribution in [1.29, 1.82) is 0 Å². The zero-order valence-corrected chi connectivity index (χ0v) is 13.7. The highest BCUT2D eigenvalue weighted by Gasteiger charge is 2.14. The number of halogens is 2. The fraction of sp³-hybridized carbons (Fsp3) is 0.533. The van der Waals surface area contributed by atoms with Gasteiger partial charge in [-0.25, -0.2) is 4.98 Å². The van der Waals surface area contributed by atoms with Crippen LogP contribution >= 0.6 is 23.2 Å². The molecule has 1 heterocycles. The van der Waals surface area contributed by atoms with Crippen LogP contribution in [-0.2, 0) is 12.4 Å². The molecule has 0 radical (unpaired) electrons. The summed E-state index contributed by atoms with van der Waals surface area (Å²) in [6, 6.07) is 6.37. The Kier molecular flexibility index (Phi) is 5.30. The number of benzene rings is 1. The largest absolute Gasteiger partial charge is 0.324 e. The van der Waals surface area contributed by atoms with Crippen LogP contribution in [0.4, 0.5) is 0 Å². The molecule has 2 aromatic rings. The predicted octanol–water partition coefficient (Wildman–Crippen LogP) is 4.16. The molecule has 2 rings (SSSR count). The third-order valence-electron chi connectivity index (χ3n) is 3.94. The Labute approximate surface area is 130 Å². The first-order valence-corrected chi connectivity index (χ1v) is 7.89. The summed E-state index contributed by atoms with van der Waals surface area (Å²) in [6.45, 7) is 6.25. The van der Waals surface area contributed by atoms with Gasteiger partial charge in [0.05, 0.1) is 21.9 Å². The standard InChI is InChI=1S/C15H21Cl2N3/c1-4-11(2)19(3)8-9-20-14(10-16)18-13-7-5-6-12(17)15(13)20/h5-7,11H,4,8-10H2,1-3H3. The Morgan fingerprint density at radius 1 is 1.40 bits per heavy atom. The van der Waals surface area contributed by atoms with E-state index < -0.39 is 0 Å². The molecule has 0 spiro atoms. The SMILES string of the molecule is CCC(C)N(C)CCn1c(CCl)nc2cccc(Cl)c21. The number of likely N-dealkylation sites (N-methyl/N-ethyl adjacent to an activating group) is 1. The van der Waals surface area contributed by atoms with Crippen molar-refractivity contribution in [2.45, 2.75) is 38.7 Å². The number of imidazole rings is 1. The van der Waals surface area contributed by atoms with Crippen LogP contribution in [0, 0.1) is 0 Å². The van der Waals surface area contributed by atoms with Gasteiger partial charge in [0.25, 0.3) is 0 Å². The molecular weight excluding hydrogens is 293 g/mol. The summed E-state index contributed by atoms with van der Waals surface area (Å²) in [7, 11) is 2.15. The average Bonchev–Trinajstić information content (AvgIpc) is 2.83. The van der Waals surface area contributed by atoms with E-state index in [0.717, 1.165) is 41.4 Å². The van der Waals surface area contributed by atoms with Crippen molar-refractivity contribution in [3.05, 3.63) is 29.0 Å². The van der Waals surface area contributed by atoms with Gasteiger partial charge in [0.15, 0.2) is 0 Å². The fourth-order valence-electron chi connectivity index (χ4n) is 2.32. The molecule has 0 amide bonds. The minimum atomic E-state index is 0.401. The lowest BCUT2D eigenvalue weighted by Gasteiger charge is -2.24. The lowest BCUT2D eigenvalue weighted by Crippen LogP contribution is -2.31. The van der Waals surface area contributed by atoms with Crippen molar-refractivity contribution in [1.82, 2.24) is 14.5 Å². The number of hydrogen-bond acceptors (Lipinski definition) is 2. The van der Waals surface area contributed by atoms with Crippen LogP contribution in [0.15, 0.2) is 18.2 Å². The van der Waals surface area contributed by atoms with Crippen LogP contribution in [-0.4, -0.2) is 34.1 Å². The summed E-state index contributed by atoms with van der Waals surface area (Å²) >= 11 is 12.3. The Balaban J connectivity index is 2.28. The third-order valence-corrected chi connectivity index (χ3v) is 4.48. The molecule has 5 heteroatoms. The van der Waals surface area contributed by atoms with Gasteiger partial charge >= 0.3 is 0 Å². The summed E-state index contributed by atoms with van der Waals surface area (Å²) in [5.41, 5.74) is 1.90. The molecule has 3 nitrogen and oxygen atoms in total. The van der Waals surface area contributed by atoms with Gasteiger partial charge in [-0.05, 0) is 32.5 Å². The van der Waals surface area contributed by atoms with Gasteiger partial charge in [-0.1, -0.05) is 24.6 Å². The van der Waals surface area contributed by atoms with Gasteiger partial charge in [-0.2, -0.15) is 0 Å². The molecule has 0 aliphatic carbocycles. The lowest BCUT2D eigenvalue weighted by molar-refractivity contribution is 0.243. The number of aromatic nitrogens is 2. The van der Waals surface area contributed by atoms with E-state index in [2.05, 4.69) is 35.3 Å². The number of alkyl halides is 1. The molecule has 1 aromatic heterocycles. The quantitative estimate of drug-likeness (QED) is 0.747. The Hall–Kier alpha value is -0.770. The normalized spacial score (nSPS) is 13.3. The first-order valence-electron chi connectivity index (χ1n) is 6.98. The predicted molar refractivity (Wildman–Crippen MR) is 86.7 cm³/mol. The van der Waals surface area contributed by atoms with Crippen LogP contribution in [0.2, 0.25) is 5.02 Å². The summed E-state index contributed by atoms with van der Waals surface area (Å²) in [6.07, 6.45) is 1.14. The molecule has 1 aromatic carbocycles. The molecular formula is C15H21Cl2N3. The molecule has 0 N–H and O–H groups in total. The van der Waals surface area contributed by atoms with E-state index in [1.54, 1.807) is 0 Å². The van der Waals surface area contributed by atoms with Crippen molar-refractivity contribution in [3.63, 3.8) is 0 Å². The first kappa shape index (κ1) is 15.6. The Bertz CT molecular complexity index is 580. The molecule has 0 fully saturated rings. The van der Waals surface area contributed by atoms with Gasteiger partial charge in [-0.3, -0.25) is 0 Å². The number of fused-ring (bicyclic) bond motifs is 1. The summed E-state index contributed by atoms with van der Waals surface area (Å²) in [5, 5.41) is 0.734. The van der Waals surface area contributed by atoms with Crippen LogP contribution in [0.3, 0.4) is 0 Å². The van der Waals surface area contributed by atoms with Crippen molar-refractivity contribution in [2.75, 3.05) is 13.6 Å². The highest BCUT2D eigenvalue weighted by atomic mass is 35.5. The topological polar surface area (TPSA) is 21.1 Å². The number of para-hydroxylation sites is 1. The first-order chi connectivity index (χ1) is 9.58. The number of hydrogen-bond donors (Lipinski definition) is 0. The molecule has 0 saturated heterocycles. The van der Waals surface area contributed by atoms with E-state index in [0.29, 0.717) is 11.9 Å². The molecule has 0 aliphatic rings. The van der Waals surface area contributed by atoms with E-state index in [1.165, 1.54) is 0 Å². The Morgan fingerprint density at radius 2 is 2.15 bits per heavy atom. The van der Waals surface area contributed by atoms with Crippen molar-refractivity contribution >= 4 is 34.2 Å². The van der Waals surface area contributed by atoms with Crippen LogP contribution in [0.25, 0.3) is 11.0 Å². The second-order valence-corrected chi connectivity index (χ2v) is 5.83. The van der Waals surface area contributed by atoms with E-state index in [9.17, 15) is 0 Å². The van der Waals surface area contributed by atoms with Crippen molar-refractivity contribution in [3.8, 4) is 0 Å². The van der Waals surface area contributed by atoms with Crippen molar-refractivity contribution < 1.29 is 0 Å². The second kappa shape index (κ2) is 6.79. The summed E-state index contributed by atoms with van der Waals surface area (Å²) in [5.74, 6) is 1.28. The zero-order valence-electron chi connectivity index (χ0n) is 12.2. The monoisotopic (exact) mass is 313 g/mol. The summed E-state index contributed by atoms with van der Waals surface area (Å²) in [4.78, 5) is 6.91. The summed E-state index contributed by atoms with van der Waals surface area (Å²) < 4.78 is 2.14. The van der Waals surface area contributed by atoms with Gasteiger partial charge < -0.3 is 9.47 Å². The van der Waals surface area contributed by atoms with Crippen molar-refractivity contribution in [2.24, 2.45) is 0 Å². The molecule has 0 bridgehead atoms. The van der Waals surface area contributed by atoms with E-state index in [-0.39, 0.29) is 0 Å². The fourth-order valence-corrected chi connectivity index (χ4v) is 2.80. The maximum atomic E-state index is 6.32. The highest BCUT2D eigenvalue weighted by Crippen LogP contribution is 2.25. The van der Waals surface area contributed by atoms with E-state index in [1.807, 2.05) is 18.2 Å². The molecule has 1 atom stereocenters. The smallest absolute Gasteiger partial charge is 0.124 e. The minimum absolute atomic E-state index is 0.401. The van der Waals surface area contributed by atoms with Crippen LogP contribution < -0.4 is 0 Å². The molecule has 0 aliphatic heterocycles. The maximum Gasteiger partial charge on any atom is 0.124 e. The molecule has 1 unspecified atom stereocenters. The highest BCUT2D eigenvalue weighted by molar-refractivity contribution is 6.35. The minimum Gasteiger partial charge on any atom is -0.324 e. The lowest BCUT2D eigenvalue weighted by atomic mass is 10.2. The average molecular weight is 314 g/mol. The third kappa shape index (κ3) is 3.11. The van der Waals surface area contributed by atoms with Gasteiger partial charge in [0.2, 0.25) is 0 Å². The van der Waals surface area contributed by atoms with E-state index >= 15 is 0 Å². The number of rotatable bonds is 6.